The molecule has 0 amide bonds. The summed E-state index contributed by atoms with van der Waals surface area (Å²) < 4.78 is 0. The summed E-state index contributed by atoms with van der Waals surface area (Å²) in [6.45, 7) is 5.87. The molecule has 0 radical (unpaired) electrons. The van der Waals surface area contributed by atoms with Gasteiger partial charge in [0.15, 0.2) is 0 Å². The molecule has 1 atom stereocenters. The highest BCUT2D eigenvalue weighted by atomic mass is 16.4. The fourth-order valence-electron chi connectivity index (χ4n) is 0.974. The lowest BCUT2D eigenvalue weighted by Gasteiger charge is -2.04. The van der Waals surface area contributed by atoms with Crippen LogP contribution in [0.4, 0.5) is 0 Å². The van der Waals surface area contributed by atoms with Crippen molar-refractivity contribution in [1.82, 2.24) is 0 Å². The molecule has 5 nitrogen and oxygen atoms in total. The van der Waals surface area contributed by atoms with Gasteiger partial charge in [-0.2, -0.15) is 0 Å². The predicted molar refractivity (Wildman–Crippen MR) is 64.1 cm³/mol. The number of carboxylic acids is 2. The van der Waals surface area contributed by atoms with Gasteiger partial charge in [-0.3, -0.25) is 4.79 Å². The van der Waals surface area contributed by atoms with Crippen molar-refractivity contribution >= 4 is 11.9 Å². The van der Waals surface area contributed by atoms with E-state index in [4.69, 9.17) is 10.2 Å². The molecule has 0 rings (SSSR count). The van der Waals surface area contributed by atoms with Crippen LogP contribution in [-0.2, 0) is 9.59 Å². The van der Waals surface area contributed by atoms with Crippen LogP contribution in [0.25, 0.3) is 4.85 Å². The number of hydrogen-bond acceptors (Lipinski definition) is 2. The van der Waals surface area contributed by atoms with Gasteiger partial charge in [0.05, 0.1) is 6.08 Å². The Kier molecular flexibility index (Phi) is 7.11. The fraction of sp³-hybridized carbons (Fsp3) is 0.417. The van der Waals surface area contributed by atoms with Gasteiger partial charge in [-0.15, -0.1) is 0 Å². The van der Waals surface area contributed by atoms with Crippen molar-refractivity contribution in [2.75, 3.05) is 6.54 Å². The first-order valence-electron chi connectivity index (χ1n) is 5.24. The first-order chi connectivity index (χ1) is 8.00. The van der Waals surface area contributed by atoms with E-state index >= 15 is 0 Å². The van der Waals surface area contributed by atoms with Crippen LogP contribution in [0, 0.1) is 12.0 Å². The van der Waals surface area contributed by atoms with Crippen molar-refractivity contribution < 1.29 is 19.8 Å². The SMILES string of the molecule is C=C(C(=O)O)C(C=CC#[N+]CCCC)C(=O)O. The highest BCUT2D eigenvalue weighted by molar-refractivity contribution is 5.94. The van der Waals surface area contributed by atoms with E-state index in [0.29, 0.717) is 6.54 Å². The Morgan fingerprint density at radius 3 is 2.59 bits per heavy atom. The molecule has 0 heterocycles. The number of carbonyl (C=O) groups is 2. The third-order valence-corrected chi connectivity index (χ3v) is 1.99. The van der Waals surface area contributed by atoms with E-state index in [0.717, 1.165) is 12.8 Å². The van der Waals surface area contributed by atoms with Gasteiger partial charge in [-0.25, -0.2) is 4.79 Å². The van der Waals surface area contributed by atoms with Crippen molar-refractivity contribution in [2.45, 2.75) is 19.8 Å². The molecule has 0 fully saturated rings. The molecular formula is C12H16NO4+. The van der Waals surface area contributed by atoms with Crippen molar-refractivity contribution in [3.8, 4) is 6.07 Å². The minimum atomic E-state index is -1.33. The molecule has 0 saturated heterocycles. The molecule has 0 aromatic carbocycles. The zero-order valence-corrected chi connectivity index (χ0v) is 9.72. The molecule has 17 heavy (non-hydrogen) atoms. The Labute approximate surface area is 99.9 Å². The van der Waals surface area contributed by atoms with Crippen molar-refractivity contribution in [3.05, 3.63) is 29.1 Å². The summed E-state index contributed by atoms with van der Waals surface area (Å²) in [5.41, 5.74) is -0.385. The lowest BCUT2D eigenvalue weighted by molar-refractivity contribution is -0.142. The van der Waals surface area contributed by atoms with Gasteiger partial charge in [0.2, 0.25) is 0 Å². The summed E-state index contributed by atoms with van der Waals surface area (Å²) in [4.78, 5) is 25.2. The third-order valence-electron chi connectivity index (χ3n) is 1.99. The van der Waals surface area contributed by atoms with Crippen LogP contribution in [0.1, 0.15) is 19.8 Å². The van der Waals surface area contributed by atoms with Gasteiger partial charge in [0.25, 0.3) is 6.54 Å². The fourth-order valence-corrected chi connectivity index (χ4v) is 0.974. The maximum atomic E-state index is 10.8. The summed E-state index contributed by atoms with van der Waals surface area (Å²) in [5, 5.41) is 17.4. The molecule has 92 valence electrons. The summed E-state index contributed by atoms with van der Waals surface area (Å²) >= 11 is 0. The van der Waals surface area contributed by atoms with E-state index in [1.165, 1.54) is 12.2 Å². The highest BCUT2D eigenvalue weighted by Crippen LogP contribution is 2.11. The molecule has 0 aliphatic heterocycles. The molecule has 0 aliphatic carbocycles. The van der Waals surface area contributed by atoms with Crippen LogP contribution in [-0.4, -0.2) is 28.7 Å². The van der Waals surface area contributed by atoms with Crippen LogP contribution >= 0.6 is 0 Å². The smallest absolute Gasteiger partial charge is 0.332 e. The van der Waals surface area contributed by atoms with Crippen molar-refractivity contribution in [3.63, 3.8) is 0 Å². The van der Waals surface area contributed by atoms with E-state index in [1.54, 1.807) is 0 Å². The van der Waals surface area contributed by atoms with Gasteiger partial charge in [0.1, 0.15) is 5.92 Å². The van der Waals surface area contributed by atoms with Crippen LogP contribution in [0.15, 0.2) is 24.3 Å². The third kappa shape index (κ3) is 6.15. The molecule has 0 saturated carbocycles. The summed E-state index contributed by atoms with van der Waals surface area (Å²) in [7, 11) is 0. The van der Waals surface area contributed by atoms with Crippen LogP contribution in [0.3, 0.4) is 0 Å². The molecular weight excluding hydrogens is 222 g/mol. The van der Waals surface area contributed by atoms with E-state index in [1.807, 2.05) is 6.92 Å². The molecule has 2 N–H and O–H groups in total. The van der Waals surface area contributed by atoms with Gasteiger partial charge < -0.3 is 10.2 Å². The second kappa shape index (κ2) is 8.11. The first kappa shape index (κ1) is 14.9. The summed E-state index contributed by atoms with van der Waals surface area (Å²) in [6.07, 6.45) is 4.46. The topological polar surface area (TPSA) is 79.0 Å². The number of aliphatic carboxylic acids is 2. The Morgan fingerprint density at radius 2 is 2.12 bits per heavy atom. The predicted octanol–water partition coefficient (Wildman–Crippen LogP) is 2.02. The lowest BCUT2D eigenvalue weighted by atomic mass is 10.0. The molecule has 0 aromatic heterocycles. The quantitative estimate of drug-likeness (QED) is 0.421. The number of unbranched alkanes of at least 4 members (excludes halogenated alkanes) is 1. The van der Waals surface area contributed by atoms with Gasteiger partial charge >= 0.3 is 18.0 Å². The molecule has 0 bridgehead atoms. The van der Waals surface area contributed by atoms with Gasteiger partial charge in [-0.05, 0) is 6.42 Å². The minimum absolute atomic E-state index is 0.385. The largest absolute Gasteiger partial charge is 0.481 e. The second-order valence-corrected chi connectivity index (χ2v) is 3.37. The zero-order chi connectivity index (χ0) is 13.3. The Balaban J connectivity index is 4.49. The van der Waals surface area contributed by atoms with Crippen molar-refractivity contribution in [2.24, 2.45) is 5.92 Å². The maximum Gasteiger partial charge on any atom is 0.332 e. The lowest BCUT2D eigenvalue weighted by Crippen LogP contribution is -2.18. The molecule has 5 heteroatoms. The summed E-state index contributed by atoms with van der Waals surface area (Å²) in [6, 6.07) is 2.55. The van der Waals surface area contributed by atoms with Crippen LogP contribution in [0.5, 0.6) is 0 Å². The normalized spacial score (nSPS) is 11.6. The van der Waals surface area contributed by atoms with Crippen LogP contribution < -0.4 is 0 Å². The standard InChI is InChI=1S/C12H15NO4/c1-3-4-7-13-8-5-6-10(12(16)17)9(2)11(14)15/h5-6,10H,2-4,7H2,1H3,(H-,14,15,16,17)/p+1. The van der Waals surface area contributed by atoms with E-state index in [9.17, 15) is 9.59 Å². The van der Waals surface area contributed by atoms with E-state index in [2.05, 4.69) is 17.5 Å². The first-order valence-corrected chi connectivity index (χ1v) is 5.24. The maximum absolute atomic E-state index is 10.8. The number of nitrogens with zero attached hydrogens (tertiary/aromatic N) is 1. The Hall–Kier alpha value is -2.09. The average Bonchev–Trinajstić information content (AvgIpc) is 2.26. The molecule has 0 aliphatic rings. The number of carboxylic acid groups (broad SMARTS) is 2. The number of allylic oxidation sites excluding steroid dienone is 1. The monoisotopic (exact) mass is 238 g/mol. The summed E-state index contributed by atoms with van der Waals surface area (Å²) in [5.74, 6) is -3.84. The molecule has 0 spiro atoms. The zero-order valence-electron chi connectivity index (χ0n) is 9.72. The van der Waals surface area contributed by atoms with Gasteiger partial charge in [-0.1, -0.05) is 24.4 Å². The van der Waals surface area contributed by atoms with Crippen molar-refractivity contribution in [1.29, 1.82) is 0 Å². The Morgan fingerprint density at radius 1 is 1.47 bits per heavy atom. The van der Waals surface area contributed by atoms with E-state index in [-0.39, 0.29) is 5.57 Å². The van der Waals surface area contributed by atoms with Crippen LogP contribution in [0.2, 0.25) is 0 Å². The Bertz CT molecular complexity index is 387. The van der Waals surface area contributed by atoms with Gasteiger partial charge in [0, 0.05) is 12.0 Å². The second-order valence-electron chi connectivity index (χ2n) is 3.37. The minimum Gasteiger partial charge on any atom is -0.481 e. The number of rotatable bonds is 6. The average molecular weight is 238 g/mol. The molecule has 0 aromatic rings. The number of hydrogen-bond donors (Lipinski definition) is 2. The highest BCUT2D eigenvalue weighted by Gasteiger charge is 2.22. The molecule has 1 unspecified atom stereocenters. The van der Waals surface area contributed by atoms with E-state index < -0.39 is 17.9 Å².